The second-order valence-electron chi connectivity index (χ2n) is 4.47. The van der Waals surface area contributed by atoms with Crippen LogP contribution in [0.15, 0.2) is 30.3 Å². The van der Waals surface area contributed by atoms with Gasteiger partial charge in [0.2, 0.25) is 0 Å². The Bertz CT molecular complexity index is 404. The van der Waals surface area contributed by atoms with Crippen molar-refractivity contribution in [3.8, 4) is 0 Å². The van der Waals surface area contributed by atoms with Gasteiger partial charge in [0, 0.05) is 12.3 Å². The second-order valence-corrected chi connectivity index (χ2v) is 4.47. The Morgan fingerprint density at radius 1 is 1.25 bits per heavy atom. The van der Waals surface area contributed by atoms with Crippen molar-refractivity contribution in [2.75, 3.05) is 0 Å². The Hall–Kier alpha value is -1.16. The summed E-state index contributed by atoms with van der Waals surface area (Å²) in [5.74, 6) is -2.47. The molecule has 0 aliphatic heterocycles. The number of fused-ring (bicyclic) bond motifs is 1. The fourth-order valence-corrected chi connectivity index (χ4v) is 2.33. The molecule has 3 heteroatoms. The maximum atomic E-state index is 8.98. The van der Waals surface area contributed by atoms with Crippen molar-refractivity contribution in [1.82, 2.24) is 0 Å². The average molecular weight is 220 g/mol. The summed E-state index contributed by atoms with van der Waals surface area (Å²) in [7, 11) is 0. The van der Waals surface area contributed by atoms with Gasteiger partial charge >= 0.3 is 0 Å². The zero-order chi connectivity index (χ0) is 11.8. The smallest absolute Gasteiger partial charge is 0.275 e. The van der Waals surface area contributed by atoms with Crippen LogP contribution in [0, 0.1) is 5.92 Å². The first kappa shape index (κ1) is 11.3. The summed E-state index contributed by atoms with van der Waals surface area (Å²) in [5, 5.41) is 27.0. The van der Waals surface area contributed by atoms with E-state index in [9.17, 15) is 0 Å². The zero-order valence-electron chi connectivity index (χ0n) is 9.17. The fourth-order valence-electron chi connectivity index (χ4n) is 2.33. The molecule has 16 heavy (non-hydrogen) atoms. The van der Waals surface area contributed by atoms with Crippen molar-refractivity contribution in [3.63, 3.8) is 0 Å². The summed E-state index contributed by atoms with van der Waals surface area (Å²) in [6, 6.07) is 8.01. The molecule has 86 valence electrons. The lowest BCUT2D eigenvalue weighted by Gasteiger charge is -2.24. The minimum Gasteiger partial charge on any atom is -0.344 e. The van der Waals surface area contributed by atoms with E-state index >= 15 is 0 Å². The van der Waals surface area contributed by atoms with Crippen LogP contribution in [0.1, 0.15) is 30.4 Å². The van der Waals surface area contributed by atoms with Gasteiger partial charge in [0.05, 0.1) is 0 Å². The van der Waals surface area contributed by atoms with Crippen molar-refractivity contribution in [2.24, 2.45) is 5.92 Å². The van der Waals surface area contributed by atoms with Crippen molar-refractivity contribution in [1.29, 1.82) is 0 Å². The molecular formula is C13H16O3. The molecule has 2 atom stereocenters. The van der Waals surface area contributed by atoms with E-state index in [0.717, 1.165) is 0 Å². The first-order chi connectivity index (χ1) is 7.47. The summed E-state index contributed by atoms with van der Waals surface area (Å²) >= 11 is 0. The van der Waals surface area contributed by atoms with Gasteiger partial charge in [0.1, 0.15) is 0 Å². The van der Waals surface area contributed by atoms with Crippen LogP contribution in [0.3, 0.4) is 0 Å². The van der Waals surface area contributed by atoms with E-state index in [1.165, 1.54) is 11.1 Å². The van der Waals surface area contributed by atoms with E-state index in [1.807, 2.05) is 43.3 Å². The normalized spacial score (nSPS) is 20.9. The summed E-state index contributed by atoms with van der Waals surface area (Å²) in [6.07, 6.45) is 4.02. The fraction of sp³-hybridized carbons (Fsp3) is 0.385. The van der Waals surface area contributed by atoms with Crippen LogP contribution in [0.2, 0.25) is 0 Å². The van der Waals surface area contributed by atoms with Gasteiger partial charge in [-0.15, -0.1) is 0 Å². The zero-order valence-corrected chi connectivity index (χ0v) is 9.17. The molecule has 0 saturated heterocycles. The maximum absolute atomic E-state index is 8.98. The van der Waals surface area contributed by atoms with Gasteiger partial charge in [-0.1, -0.05) is 43.3 Å². The Kier molecular flexibility index (Phi) is 2.84. The molecular weight excluding hydrogens is 204 g/mol. The van der Waals surface area contributed by atoms with Crippen molar-refractivity contribution >= 4 is 6.08 Å². The monoisotopic (exact) mass is 220 g/mol. The number of rotatable bonds is 3. The van der Waals surface area contributed by atoms with Crippen LogP contribution in [0.4, 0.5) is 0 Å². The van der Waals surface area contributed by atoms with Crippen LogP contribution >= 0.6 is 0 Å². The molecule has 1 aliphatic rings. The van der Waals surface area contributed by atoms with E-state index < -0.39 is 5.97 Å². The minimum atomic E-state index is -2.58. The van der Waals surface area contributed by atoms with Crippen LogP contribution < -0.4 is 0 Å². The number of benzene rings is 1. The Morgan fingerprint density at radius 2 is 1.94 bits per heavy atom. The van der Waals surface area contributed by atoms with Crippen LogP contribution in [-0.4, -0.2) is 21.3 Å². The van der Waals surface area contributed by atoms with Crippen molar-refractivity contribution < 1.29 is 15.3 Å². The first-order valence-electron chi connectivity index (χ1n) is 5.41. The van der Waals surface area contributed by atoms with Gasteiger partial charge in [0.15, 0.2) is 0 Å². The number of aliphatic hydroxyl groups is 3. The van der Waals surface area contributed by atoms with Crippen LogP contribution in [-0.2, 0) is 0 Å². The number of hydrogen-bond acceptors (Lipinski definition) is 3. The summed E-state index contributed by atoms with van der Waals surface area (Å²) in [5.41, 5.74) is 2.35. The highest BCUT2D eigenvalue weighted by molar-refractivity contribution is 5.62. The third-order valence-electron chi connectivity index (χ3n) is 3.05. The summed E-state index contributed by atoms with van der Waals surface area (Å²) in [4.78, 5) is 0. The Morgan fingerprint density at radius 3 is 2.62 bits per heavy atom. The van der Waals surface area contributed by atoms with Gasteiger partial charge < -0.3 is 15.3 Å². The molecule has 0 saturated carbocycles. The molecule has 1 aromatic rings. The third kappa shape index (κ3) is 2.32. The molecule has 0 spiro atoms. The van der Waals surface area contributed by atoms with E-state index in [0.29, 0.717) is 0 Å². The van der Waals surface area contributed by atoms with Gasteiger partial charge in [-0.3, -0.25) is 0 Å². The lowest BCUT2D eigenvalue weighted by Crippen LogP contribution is -2.31. The predicted octanol–water partition coefficient (Wildman–Crippen LogP) is 1.45. The largest absolute Gasteiger partial charge is 0.344 e. The molecule has 0 fully saturated rings. The lowest BCUT2D eigenvalue weighted by atomic mass is 9.86. The van der Waals surface area contributed by atoms with Gasteiger partial charge in [-0.2, -0.15) is 0 Å². The van der Waals surface area contributed by atoms with Gasteiger partial charge in [-0.25, -0.2) is 0 Å². The maximum Gasteiger partial charge on any atom is 0.275 e. The molecule has 0 amide bonds. The molecule has 1 aliphatic carbocycles. The third-order valence-corrected chi connectivity index (χ3v) is 3.05. The molecule has 0 heterocycles. The molecule has 0 aromatic heterocycles. The van der Waals surface area contributed by atoms with Crippen LogP contribution in [0.5, 0.6) is 0 Å². The average Bonchev–Trinajstić information content (AvgIpc) is 2.58. The number of allylic oxidation sites excluding steroid dienone is 1. The van der Waals surface area contributed by atoms with E-state index in [4.69, 9.17) is 15.3 Å². The predicted molar refractivity (Wildman–Crippen MR) is 61.4 cm³/mol. The Balaban J connectivity index is 2.16. The minimum absolute atomic E-state index is 0.0279. The SMILES string of the molecule is CC(CC(O)(O)O)C1C=Cc2ccccc21. The molecule has 1 aromatic carbocycles. The lowest BCUT2D eigenvalue weighted by molar-refractivity contribution is -0.319. The standard InChI is InChI=1S/C13H16O3/c1-9(8-13(14,15)16)11-7-6-10-4-2-3-5-12(10)11/h2-7,9,11,14-16H,8H2,1H3. The quantitative estimate of drug-likeness (QED) is 0.676. The van der Waals surface area contributed by atoms with Crippen LogP contribution in [0.25, 0.3) is 6.08 Å². The molecule has 3 nitrogen and oxygen atoms in total. The Labute approximate surface area is 94.7 Å². The first-order valence-corrected chi connectivity index (χ1v) is 5.41. The number of hydrogen-bond donors (Lipinski definition) is 3. The molecule has 2 rings (SSSR count). The van der Waals surface area contributed by atoms with Crippen molar-refractivity contribution in [2.45, 2.75) is 25.2 Å². The highest BCUT2D eigenvalue weighted by atomic mass is 16.7. The van der Waals surface area contributed by atoms with Crippen molar-refractivity contribution in [3.05, 3.63) is 41.5 Å². The highest BCUT2D eigenvalue weighted by Crippen LogP contribution is 2.37. The molecule has 2 unspecified atom stereocenters. The van der Waals surface area contributed by atoms with Gasteiger partial charge in [0.25, 0.3) is 5.97 Å². The van der Waals surface area contributed by atoms with E-state index in [-0.39, 0.29) is 18.3 Å². The highest BCUT2D eigenvalue weighted by Gasteiger charge is 2.29. The van der Waals surface area contributed by atoms with E-state index in [2.05, 4.69) is 0 Å². The summed E-state index contributed by atoms with van der Waals surface area (Å²) < 4.78 is 0. The van der Waals surface area contributed by atoms with Gasteiger partial charge in [-0.05, 0) is 17.0 Å². The summed E-state index contributed by atoms with van der Waals surface area (Å²) in [6.45, 7) is 1.90. The second kappa shape index (κ2) is 4.01. The molecule has 0 radical (unpaired) electrons. The van der Waals surface area contributed by atoms with E-state index in [1.54, 1.807) is 0 Å². The molecule has 3 N–H and O–H groups in total. The topological polar surface area (TPSA) is 60.7 Å². The molecule has 0 bridgehead atoms.